The van der Waals surface area contributed by atoms with E-state index in [0.29, 0.717) is 11.1 Å². The standard InChI is InChI=1S/C11H9IO3.3C2H6/c1-4-5(2)7-8(9(12)6(4)3)11(14)15-10(7)13;3*1-2/h1-3H3;3*1-2H3. The summed E-state index contributed by atoms with van der Waals surface area (Å²) in [5, 5.41) is 0. The average Bonchev–Trinajstić information content (AvgIpc) is 2.83. The minimum Gasteiger partial charge on any atom is -0.386 e. The number of hydrogen-bond donors (Lipinski definition) is 0. The third-order valence-corrected chi connectivity index (χ3v) is 4.24. The van der Waals surface area contributed by atoms with Gasteiger partial charge in [0.25, 0.3) is 0 Å². The summed E-state index contributed by atoms with van der Waals surface area (Å²) >= 11 is 2.09. The molecule has 21 heavy (non-hydrogen) atoms. The fourth-order valence-corrected chi connectivity index (χ4v) is 2.65. The van der Waals surface area contributed by atoms with Crippen molar-refractivity contribution in [3.05, 3.63) is 31.4 Å². The normalized spacial score (nSPS) is 11.0. The molecule has 1 aromatic carbocycles. The number of carbonyl (C=O) groups is 2. The Bertz CT molecular complexity index is 460. The Morgan fingerprint density at radius 3 is 1.48 bits per heavy atom. The van der Waals surface area contributed by atoms with Crippen molar-refractivity contribution in [3.63, 3.8) is 0 Å². The molecule has 120 valence electrons. The third kappa shape index (κ3) is 4.53. The van der Waals surface area contributed by atoms with Gasteiger partial charge >= 0.3 is 11.9 Å². The lowest BCUT2D eigenvalue weighted by Gasteiger charge is -2.10. The van der Waals surface area contributed by atoms with E-state index in [-0.39, 0.29) is 0 Å². The molecule has 0 bridgehead atoms. The Labute approximate surface area is 142 Å². The molecule has 0 amide bonds. The zero-order valence-electron chi connectivity index (χ0n) is 14.6. The van der Waals surface area contributed by atoms with E-state index in [9.17, 15) is 9.59 Å². The van der Waals surface area contributed by atoms with Gasteiger partial charge in [0.2, 0.25) is 0 Å². The molecular formula is C17H27IO3. The summed E-state index contributed by atoms with van der Waals surface area (Å²) in [6.45, 7) is 17.7. The summed E-state index contributed by atoms with van der Waals surface area (Å²) in [5.74, 6) is -1.04. The Kier molecular flexibility index (Phi) is 11.5. The van der Waals surface area contributed by atoms with Crippen molar-refractivity contribution in [1.29, 1.82) is 0 Å². The molecule has 1 aliphatic heterocycles. The van der Waals surface area contributed by atoms with Gasteiger partial charge in [0, 0.05) is 3.57 Å². The first-order valence-electron chi connectivity index (χ1n) is 7.51. The first kappa shape index (κ1) is 22.4. The highest BCUT2D eigenvalue weighted by molar-refractivity contribution is 14.1. The van der Waals surface area contributed by atoms with Crippen molar-refractivity contribution in [1.82, 2.24) is 0 Å². The SMILES string of the molecule is CC.CC.CC.Cc1c(C)c(I)c2c(c1C)C(=O)OC2=O. The highest BCUT2D eigenvalue weighted by Crippen LogP contribution is 2.32. The zero-order valence-corrected chi connectivity index (χ0v) is 16.8. The minimum absolute atomic E-state index is 0.432. The topological polar surface area (TPSA) is 43.4 Å². The molecule has 0 unspecified atom stereocenters. The largest absolute Gasteiger partial charge is 0.386 e. The van der Waals surface area contributed by atoms with Crippen LogP contribution in [0.1, 0.15) is 78.9 Å². The molecule has 4 heteroatoms. The highest BCUT2D eigenvalue weighted by atomic mass is 127. The quantitative estimate of drug-likeness (QED) is 0.320. The molecular weight excluding hydrogens is 379 g/mol. The molecule has 0 saturated heterocycles. The van der Waals surface area contributed by atoms with Crippen LogP contribution in [0.4, 0.5) is 0 Å². The predicted octanol–water partition coefficient (Wildman–Crippen LogP) is 5.61. The van der Waals surface area contributed by atoms with E-state index in [0.717, 1.165) is 20.3 Å². The van der Waals surface area contributed by atoms with Crippen LogP contribution in [0.3, 0.4) is 0 Å². The number of halogens is 1. The van der Waals surface area contributed by atoms with Gasteiger partial charge in [-0.1, -0.05) is 41.5 Å². The van der Waals surface area contributed by atoms with Crippen molar-refractivity contribution in [3.8, 4) is 0 Å². The van der Waals surface area contributed by atoms with Crippen LogP contribution >= 0.6 is 22.6 Å². The van der Waals surface area contributed by atoms with E-state index in [2.05, 4.69) is 27.3 Å². The molecule has 0 radical (unpaired) electrons. The van der Waals surface area contributed by atoms with Crippen LogP contribution in [-0.4, -0.2) is 11.9 Å². The number of ether oxygens (including phenoxy) is 1. The van der Waals surface area contributed by atoms with Gasteiger partial charge in [-0.2, -0.15) is 0 Å². The summed E-state index contributed by atoms with van der Waals surface area (Å²) < 4.78 is 5.44. The number of hydrogen-bond acceptors (Lipinski definition) is 3. The van der Waals surface area contributed by atoms with Gasteiger partial charge in [0.05, 0.1) is 11.1 Å². The molecule has 0 N–H and O–H groups in total. The molecule has 0 fully saturated rings. The molecule has 0 aromatic heterocycles. The Morgan fingerprint density at radius 1 is 0.667 bits per heavy atom. The second-order valence-electron chi connectivity index (χ2n) is 3.62. The maximum atomic E-state index is 11.5. The molecule has 0 saturated carbocycles. The van der Waals surface area contributed by atoms with E-state index in [4.69, 9.17) is 0 Å². The monoisotopic (exact) mass is 406 g/mol. The first-order chi connectivity index (χ1) is 9.95. The molecule has 1 aliphatic rings. The van der Waals surface area contributed by atoms with Crippen molar-refractivity contribution in [2.75, 3.05) is 0 Å². The number of cyclic esters (lactones) is 2. The molecule has 2 rings (SSSR count). The third-order valence-electron chi connectivity index (χ3n) is 2.89. The van der Waals surface area contributed by atoms with Crippen LogP contribution in [0.25, 0.3) is 0 Å². The van der Waals surface area contributed by atoms with Crippen LogP contribution in [-0.2, 0) is 4.74 Å². The lowest BCUT2D eigenvalue weighted by Crippen LogP contribution is -2.04. The fourth-order valence-electron chi connectivity index (χ4n) is 1.75. The lowest BCUT2D eigenvalue weighted by atomic mass is 9.95. The average molecular weight is 406 g/mol. The van der Waals surface area contributed by atoms with Crippen LogP contribution in [0.15, 0.2) is 0 Å². The Balaban J connectivity index is 0. The van der Waals surface area contributed by atoms with E-state index in [1.165, 1.54) is 0 Å². The second-order valence-corrected chi connectivity index (χ2v) is 4.69. The smallest absolute Gasteiger partial charge is 0.348 e. The molecule has 0 atom stereocenters. The lowest BCUT2D eigenvalue weighted by molar-refractivity contribution is 0.0443. The van der Waals surface area contributed by atoms with Crippen molar-refractivity contribution in [2.45, 2.75) is 62.3 Å². The number of benzene rings is 1. The summed E-state index contributed by atoms with van der Waals surface area (Å²) in [5.41, 5.74) is 3.80. The van der Waals surface area contributed by atoms with E-state index in [1.54, 1.807) is 0 Å². The maximum Gasteiger partial charge on any atom is 0.348 e. The van der Waals surface area contributed by atoms with Crippen LogP contribution in [0, 0.1) is 24.3 Å². The van der Waals surface area contributed by atoms with Crippen LogP contribution in [0.5, 0.6) is 0 Å². The van der Waals surface area contributed by atoms with Crippen molar-refractivity contribution >= 4 is 34.5 Å². The number of rotatable bonds is 0. The van der Waals surface area contributed by atoms with Crippen molar-refractivity contribution in [2.24, 2.45) is 0 Å². The summed E-state index contributed by atoms with van der Waals surface area (Å²) in [6.07, 6.45) is 0. The van der Waals surface area contributed by atoms with E-state index in [1.807, 2.05) is 62.3 Å². The molecule has 3 nitrogen and oxygen atoms in total. The van der Waals surface area contributed by atoms with Gasteiger partial charge in [-0.3, -0.25) is 0 Å². The summed E-state index contributed by atoms with van der Waals surface area (Å²) in [4.78, 5) is 22.9. The van der Waals surface area contributed by atoms with Gasteiger partial charge in [-0.05, 0) is 60.1 Å². The first-order valence-corrected chi connectivity index (χ1v) is 8.58. The summed E-state index contributed by atoms with van der Waals surface area (Å²) in [7, 11) is 0. The fraction of sp³-hybridized carbons (Fsp3) is 0.529. The Morgan fingerprint density at radius 2 is 1.05 bits per heavy atom. The van der Waals surface area contributed by atoms with Gasteiger partial charge in [0.1, 0.15) is 0 Å². The van der Waals surface area contributed by atoms with Gasteiger partial charge in [-0.25, -0.2) is 9.59 Å². The number of carbonyl (C=O) groups excluding carboxylic acids is 2. The Hall–Kier alpha value is -0.910. The van der Waals surface area contributed by atoms with Crippen LogP contribution in [0.2, 0.25) is 0 Å². The predicted molar refractivity (Wildman–Crippen MR) is 97.2 cm³/mol. The summed E-state index contributed by atoms with van der Waals surface area (Å²) in [6, 6.07) is 0. The zero-order chi connectivity index (χ0) is 17.3. The van der Waals surface area contributed by atoms with E-state index < -0.39 is 11.9 Å². The maximum absolute atomic E-state index is 11.5. The molecule has 1 aromatic rings. The van der Waals surface area contributed by atoms with Crippen molar-refractivity contribution < 1.29 is 14.3 Å². The van der Waals surface area contributed by atoms with Crippen LogP contribution < -0.4 is 0 Å². The number of esters is 2. The van der Waals surface area contributed by atoms with Gasteiger partial charge in [-0.15, -0.1) is 0 Å². The minimum atomic E-state index is -0.523. The van der Waals surface area contributed by atoms with Gasteiger partial charge in [0.15, 0.2) is 0 Å². The van der Waals surface area contributed by atoms with E-state index >= 15 is 0 Å². The van der Waals surface area contributed by atoms with Gasteiger partial charge < -0.3 is 4.74 Å². The molecule has 0 spiro atoms. The molecule has 0 aliphatic carbocycles. The molecule has 1 heterocycles. The highest BCUT2D eigenvalue weighted by Gasteiger charge is 2.35. The number of fused-ring (bicyclic) bond motifs is 1. The second kappa shape index (κ2) is 10.8.